The predicted octanol–water partition coefficient (Wildman–Crippen LogP) is 7.80. The van der Waals surface area contributed by atoms with Crippen molar-refractivity contribution in [1.29, 1.82) is 0 Å². The van der Waals surface area contributed by atoms with Crippen LogP contribution in [-0.2, 0) is 16.3 Å². The minimum Gasteiger partial charge on any atom is -0.512 e. The molecule has 0 spiro atoms. The maximum atomic E-state index is 13.4. The normalized spacial score (nSPS) is 17.8. The summed E-state index contributed by atoms with van der Waals surface area (Å²) in [7, 11) is 0. The van der Waals surface area contributed by atoms with E-state index < -0.39 is 23.9 Å². The molecular formula is C30H32F3N3O4. The van der Waals surface area contributed by atoms with Crippen LogP contribution < -0.4 is 10.2 Å². The van der Waals surface area contributed by atoms with Crippen molar-refractivity contribution in [2.75, 3.05) is 23.3 Å². The number of rotatable bonds is 7. The Labute approximate surface area is 230 Å². The Hall–Kier alpha value is -3.95. The highest BCUT2D eigenvalue weighted by molar-refractivity contribution is 5.86. The molecule has 7 nitrogen and oxygen atoms in total. The van der Waals surface area contributed by atoms with Crippen molar-refractivity contribution in [2.45, 2.75) is 63.1 Å². The third-order valence-electron chi connectivity index (χ3n) is 8.06. The molecule has 1 saturated heterocycles. The second-order valence-electron chi connectivity index (χ2n) is 10.6. The van der Waals surface area contributed by atoms with Crippen LogP contribution in [0.5, 0.6) is 0 Å². The Morgan fingerprint density at radius 2 is 1.82 bits per heavy atom. The molecular weight excluding hydrogens is 523 g/mol. The molecule has 1 aliphatic heterocycles. The van der Waals surface area contributed by atoms with Crippen LogP contribution in [0.15, 0.2) is 65.4 Å². The Kier molecular flexibility index (Phi) is 7.29. The number of hydrogen-bond donors (Lipinski definition) is 2. The van der Waals surface area contributed by atoms with Crippen molar-refractivity contribution in [3.8, 4) is 0 Å². The fraction of sp³-hybridized carbons (Fsp3) is 0.400. The maximum absolute atomic E-state index is 13.4. The summed E-state index contributed by atoms with van der Waals surface area (Å²) in [5.41, 5.74) is 1.77. The van der Waals surface area contributed by atoms with E-state index in [1.54, 1.807) is 6.92 Å². The number of aliphatic hydroxyl groups is 1. The van der Waals surface area contributed by atoms with Crippen LogP contribution in [0.3, 0.4) is 0 Å². The van der Waals surface area contributed by atoms with Crippen LogP contribution in [-0.4, -0.2) is 29.4 Å². The molecule has 2 fully saturated rings. The number of nitrogens with one attached hydrogen (secondary N) is 1. The quantitative estimate of drug-likeness (QED) is 0.289. The standard InChI is InChI=1S/C30H32F3N3O4/c1-18-26(34-28(38)39-19(2)24-6-4-5-7-25(24)30(31,32)33)27(40-35-18)21-12-16-36(17-13-21)23-10-8-22(9-11-23)29(14-15-29)20(3)37/h4-11,19,21,37H,3,12-17H2,1-2H3,(H,34,38)/t19-/m1/s1. The lowest BCUT2D eigenvalue weighted by atomic mass is 9.92. The number of hydrogen-bond acceptors (Lipinski definition) is 6. The van der Waals surface area contributed by atoms with E-state index in [0.717, 1.165) is 56.1 Å². The van der Waals surface area contributed by atoms with E-state index in [9.17, 15) is 23.1 Å². The minimum atomic E-state index is -4.56. The molecule has 2 aliphatic rings. The second-order valence-corrected chi connectivity index (χ2v) is 10.6. The SMILES string of the molecule is C=C(O)C1(c2ccc(N3CCC(c4onc(C)c4NC(=O)O[C@H](C)c4ccccc4C(F)(F)F)CC3)cc2)CC1. The first kappa shape index (κ1) is 27.6. The van der Waals surface area contributed by atoms with Crippen LogP contribution in [0.25, 0.3) is 0 Å². The topological polar surface area (TPSA) is 87.8 Å². The van der Waals surface area contributed by atoms with Gasteiger partial charge in [0, 0.05) is 30.3 Å². The van der Waals surface area contributed by atoms with E-state index in [1.807, 2.05) is 0 Å². The van der Waals surface area contributed by atoms with Gasteiger partial charge in [-0.05, 0) is 63.3 Å². The van der Waals surface area contributed by atoms with E-state index in [-0.39, 0.29) is 22.7 Å². The molecule has 1 atom stereocenters. The van der Waals surface area contributed by atoms with Crippen LogP contribution >= 0.6 is 0 Å². The van der Waals surface area contributed by atoms with E-state index in [2.05, 4.69) is 46.2 Å². The summed E-state index contributed by atoms with van der Waals surface area (Å²) >= 11 is 0. The molecule has 2 N–H and O–H groups in total. The summed E-state index contributed by atoms with van der Waals surface area (Å²) < 4.78 is 51.1. The number of piperidine rings is 1. The number of aromatic nitrogens is 1. The van der Waals surface area contributed by atoms with Gasteiger partial charge in [0.15, 0.2) is 5.76 Å². The van der Waals surface area contributed by atoms with Gasteiger partial charge in [0.1, 0.15) is 17.5 Å². The van der Waals surface area contributed by atoms with Crippen molar-refractivity contribution in [3.05, 3.63) is 89.0 Å². The highest BCUT2D eigenvalue weighted by atomic mass is 19.4. The molecule has 5 rings (SSSR count). The first-order chi connectivity index (χ1) is 19.0. The molecule has 40 heavy (non-hydrogen) atoms. The number of carbonyl (C=O) groups excluding carboxylic acids is 1. The molecule has 3 aromatic rings. The Balaban J connectivity index is 1.21. The van der Waals surface area contributed by atoms with Crippen molar-refractivity contribution in [1.82, 2.24) is 5.16 Å². The average Bonchev–Trinajstić information content (AvgIpc) is 3.68. The summed E-state index contributed by atoms with van der Waals surface area (Å²) in [4.78, 5) is 15.0. The molecule has 1 saturated carbocycles. The van der Waals surface area contributed by atoms with Crippen LogP contribution in [0.4, 0.5) is 29.3 Å². The van der Waals surface area contributed by atoms with Crippen molar-refractivity contribution in [3.63, 3.8) is 0 Å². The van der Waals surface area contributed by atoms with E-state index in [4.69, 9.17) is 9.26 Å². The van der Waals surface area contributed by atoms with Crippen molar-refractivity contribution in [2.24, 2.45) is 0 Å². The van der Waals surface area contributed by atoms with E-state index in [0.29, 0.717) is 17.1 Å². The lowest BCUT2D eigenvalue weighted by Gasteiger charge is -2.33. The van der Waals surface area contributed by atoms with Gasteiger partial charge in [-0.25, -0.2) is 4.79 Å². The number of aryl methyl sites for hydroxylation is 1. The molecule has 1 aliphatic carbocycles. The summed E-state index contributed by atoms with van der Waals surface area (Å²) in [6.07, 6.45) is -3.23. The van der Waals surface area contributed by atoms with E-state index in [1.165, 1.54) is 25.1 Å². The lowest BCUT2D eigenvalue weighted by Crippen LogP contribution is -2.33. The molecule has 0 bridgehead atoms. The van der Waals surface area contributed by atoms with Gasteiger partial charge < -0.3 is 19.3 Å². The van der Waals surface area contributed by atoms with Crippen LogP contribution in [0, 0.1) is 6.92 Å². The summed E-state index contributed by atoms with van der Waals surface area (Å²) in [5.74, 6) is 0.755. The summed E-state index contributed by atoms with van der Waals surface area (Å²) in [6, 6.07) is 13.3. The number of allylic oxidation sites excluding steroid dienone is 1. The Bertz CT molecular complexity index is 1390. The van der Waals surface area contributed by atoms with Gasteiger partial charge >= 0.3 is 12.3 Å². The molecule has 0 unspecified atom stereocenters. The largest absolute Gasteiger partial charge is 0.512 e. The monoisotopic (exact) mass is 555 g/mol. The molecule has 1 amide bonds. The first-order valence-corrected chi connectivity index (χ1v) is 13.3. The molecule has 0 radical (unpaired) electrons. The molecule has 2 aromatic carbocycles. The van der Waals surface area contributed by atoms with Gasteiger partial charge in [-0.2, -0.15) is 13.2 Å². The lowest BCUT2D eigenvalue weighted by molar-refractivity contribution is -0.139. The number of ether oxygens (including phenoxy) is 1. The number of anilines is 2. The number of alkyl halides is 3. The number of aliphatic hydroxyl groups excluding tert-OH is 1. The van der Waals surface area contributed by atoms with Gasteiger partial charge in [-0.3, -0.25) is 5.32 Å². The molecule has 2 heterocycles. The zero-order chi connectivity index (χ0) is 28.7. The number of halogens is 3. The third-order valence-corrected chi connectivity index (χ3v) is 8.06. The third kappa shape index (κ3) is 5.39. The number of nitrogens with zero attached hydrogens (tertiary/aromatic N) is 2. The van der Waals surface area contributed by atoms with Gasteiger partial charge in [0.2, 0.25) is 0 Å². The van der Waals surface area contributed by atoms with Crippen molar-refractivity contribution < 1.29 is 32.3 Å². The van der Waals surface area contributed by atoms with Crippen LogP contribution in [0.2, 0.25) is 0 Å². The highest BCUT2D eigenvalue weighted by Gasteiger charge is 2.47. The van der Waals surface area contributed by atoms with Crippen LogP contribution in [0.1, 0.15) is 72.8 Å². The smallest absolute Gasteiger partial charge is 0.416 e. The number of carbonyl (C=O) groups is 1. The van der Waals surface area contributed by atoms with E-state index >= 15 is 0 Å². The zero-order valence-corrected chi connectivity index (χ0v) is 22.4. The summed E-state index contributed by atoms with van der Waals surface area (Å²) in [6.45, 7) is 8.35. The number of amides is 1. The minimum absolute atomic E-state index is 0.00264. The first-order valence-electron chi connectivity index (χ1n) is 13.3. The maximum Gasteiger partial charge on any atom is 0.416 e. The van der Waals surface area contributed by atoms with Gasteiger partial charge in [0.05, 0.1) is 16.7 Å². The summed E-state index contributed by atoms with van der Waals surface area (Å²) in [5, 5.41) is 16.6. The molecule has 212 valence electrons. The average molecular weight is 556 g/mol. The van der Waals surface area contributed by atoms with Gasteiger partial charge in [-0.15, -0.1) is 0 Å². The fourth-order valence-corrected chi connectivity index (χ4v) is 5.54. The predicted molar refractivity (Wildman–Crippen MR) is 145 cm³/mol. The number of benzene rings is 2. The Morgan fingerprint density at radius 1 is 1.18 bits per heavy atom. The van der Waals surface area contributed by atoms with Gasteiger partial charge in [0.25, 0.3) is 0 Å². The highest BCUT2D eigenvalue weighted by Crippen LogP contribution is 2.52. The fourth-order valence-electron chi connectivity index (χ4n) is 5.54. The van der Waals surface area contributed by atoms with Crippen molar-refractivity contribution >= 4 is 17.5 Å². The molecule has 1 aromatic heterocycles. The van der Waals surface area contributed by atoms with Gasteiger partial charge in [-0.1, -0.05) is 42.1 Å². The zero-order valence-electron chi connectivity index (χ0n) is 22.4. The molecule has 10 heteroatoms. The second kappa shape index (κ2) is 10.6. The Morgan fingerprint density at radius 3 is 2.42 bits per heavy atom.